The Bertz CT molecular complexity index is 1510. The molecule has 214 valence electrons. The largest absolute Gasteiger partial charge is 0.504 e. The number of aromatic nitrogens is 4. The minimum atomic E-state index is -0.676. The average molecular weight is 647 g/mol. The van der Waals surface area contributed by atoms with Crippen LogP contribution in [0.15, 0.2) is 44.7 Å². The zero-order valence-electron chi connectivity index (χ0n) is 20.5. The summed E-state index contributed by atoms with van der Waals surface area (Å²) in [7, 11) is 0. The van der Waals surface area contributed by atoms with Crippen LogP contribution in [0.5, 0.6) is 23.3 Å². The SMILES string of the molecule is Cc1n[nH]c(O)c1N=Nc1cc([N+](=O)[O-])cc(Cl)c1O.Cc1n[nH]c(O)c1N=Nc1cc([N+](=O)[O-])cc(Cl)c1O.[Cr]. The van der Waals surface area contributed by atoms with Crippen molar-refractivity contribution < 1.29 is 47.6 Å². The molecule has 2 aromatic carbocycles. The molecule has 4 aromatic rings. The topological polar surface area (TPSA) is 274 Å². The third-order valence-electron chi connectivity index (χ3n) is 4.79. The van der Waals surface area contributed by atoms with E-state index in [0.717, 1.165) is 24.3 Å². The third-order valence-corrected chi connectivity index (χ3v) is 5.36. The summed E-state index contributed by atoms with van der Waals surface area (Å²) in [5.74, 6) is -1.49. The van der Waals surface area contributed by atoms with Crippen molar-refractivity contribution in [1.29, 1.82) is 0 Å². The standard InChI is InChI=1S/2C10H8ClN5O4.Cr/c2*1-4-8(10(18)15-12-4)14-13-7-3-5(16(19)20)2-6(11)9(7)17;/h2*2-3,17H,1H3,(H2,12,15,18);. The van der Waals surface area contributed by atoms with Gasteiger partial charge in [-0.25, -0.2) is 10.2 Å². The number of hydrogen-bond donors (Lipinski definition) is 6. The van der Waals surface area contributed by atoms with Crippen LogP contribution in [0.3, 0.4) is 0 Å². The number of hydrogen-bond acceptors (Lipinski definition) is 14. The smallest absolute Gasteiger partial charge is 0.273 e. The minimum absolute atomic E-state index is 0. The summed E-state index contributed by atoms with van der Waals surface area (Å²) in [6, 6.07) is 4.02. The second-order valence-electron chi connectivity index (χ2n) is 7.52. The van der Waals surface area contributed by atoms with Gasteiger partial charge in [0.25, 0.3) is 11.4 Å². The summed E-state index contributed by atoms with van der Waals surface area (Å²) in [4.78, 5) is 20.0. The Morgan fingerprint density at radius 1 is 0.707 bits per heavy atom. The number of nitro benzene ring substituents is 2. The van der Waals surface area contributed by atoms with Crippen LogP contribution in [0, 0.1) is 34.1 Å². The van der Waals surface area contributed by atoms with Gasteiger partial charge in [0.05, 0.1) is 31.3 Å². The number of aryl methyl sites for hydroxylation is 2. The molecule has 2 aromatic heterocycles. The Kier molecular flexibility index (Phi) is 10.7. The van der Waals surface area contributed by atoms with Gasteiger partial charge in [-0.15, -0.1) is 20.5 Å². The summed E-state index contributed by atoms with van der Waals surface area (Å²) in [6.07, 6.45) is 0. The number of aromatic hydroxyl groups is 4. The zero-order valence-corrected chi connectivity index (χ0v) is 23.3. The van der Waals surface area contributed by atoms with Gasteiger partial charge >= 0.3 is 0 Å². The second kappa shape index (κ2) is 13.5. The maximum atomic E-state index is 10.7. The van der Waals surface area contributed by atoms with Gasteiger partial charge in [-0.2, -0.15) is 10.2 Å². The molecule has 18 nitrogen and oxygen atoms in total. The predicted molar refractivity (Wildman–Crippen MR) is 138 cm³/mol. The van der Waals surface area contributed by atoms with Crippen molar-refractivity contribution in [3.8, 4) is 23.3 Å². The van der Waals surface area contributed by atoms with Crippen LogP contribution in [0.4, 0.5) is 34.1 Å². The summed E-state index contributed by atoms with van der Waals surface area (Å²) in [5, 5.41) is 85.7. The van der Waals surface area contributed by atoms with Crippen molar-refractivity contribution in [1.82, 2.24) is 20.4 Å². The summed E-state index contributed by atoms with van der Waals surface area (Å²) in [6.45, 7) is 3.15. The van der Waals surface area contributed by atoms with Gasteiger partial charge in [-0.05, 0) is 13.8 Å². The van der Waals surface area contributed by atoms with Gasteiger partial charge in [0.1, 0.15) is 11.4 Å². The van der Waals surface area contributed by atoms with Crippen LogP contribution in [-0.4, -0.2) is 50.7 Å². The van der Waals surface area contributed by atoms with Crippen molar-refractivity contribution in [2.24, 2.45) is 20.5 Å². The molecule has 0 radical (unpaired) electrons. The molecule has 0 amide bonds. The van der Waals surface area contributed by atoms with Crippen LogP contribution in [-0.2, 0) is 17.4 Å². The van der Waals surface area contributed by atoms with E-state index < -0.39 is 21.3 Å². The van der Waals surface area contributed by atoms with Crippen LogP contribution < -0.4 is 0 Å². The van der Waals surface area contributed by atoms with E-state index in [1.165, 1.54) is 0 Å². The van der Waals surface area contributed by atoms with Gasteiger partial charge in [0, 0.05) is 41.6 Å². The fourth-order valence-electron chi connectivity index (χ4n) is 2.78. The number of H-pyrrole nitrogens is 2. The number of aromatic amines is 2. The molecule has 0 unspecified atom stereocenters. The second-order valence-corrected chi connectivity index (χ2v) is 8.33. The molecule has 41 heavy (non-hydrogen) atoms. The van der Waals surface area contributed by atoms with Crippen LogP contribution in [0.2, 0.25) is 10.0 Å². The number of nitrogens with one attached hydrogen (secondary N) is 2. The molecule has 6 N–H and O–H groups in total. The molecule has 0 atom stereocenters. The summed E-state index contributed by atoms with van der Waals surface area (Å²) < 4.78 is 0. The molecule has 21 heteroatoms. The van der Waals surface area contributed by atoms with Gasteiger partial charge in [0.15, 0.2) is 22.9 Å². The summed E-state index contributed by atoms with van der Waals surface area (Å²) in [5.41, 5.74) is -0.179. The Morgan fingerprint density at radius 3 is 1.32 bits per heavy atom. The predicted octanol–water partition coefficient (Wildman–Crippen LogP) is 6.21. The van der Waals surface area contributed by atoms with E-state index in [4.69, 9.17) is 23.2 Å². The molecule has 0 aliphatic carbocycles. The number of rotatable bonds is 6. The number of phenolic OH excluding ortho intramolecular Hbond substituents is 2. The molecular weight excluding hydrogens is 631 g/mol. The normalized spacial score (nSPS) is 10.8. The number of azo groups is 2. The van der Waals surface area contributed by atoms with Crippen molar-refractivity contribution in [3.63, 3.8) is 0 Å². The van der Waals surface area contributed by atoms with Crippen LogP contribution >= 0.6 is 23.2 Å². The van der Waals surface area contributed by atoms with E-state index in [1.807, 2.05) is 0 Å². The molecule has 0 saturated heterocycles. The van der Waals surface area contributed by atoms with Crippen molar-refractivity contribution >= 4 is 57.3 Å². The van der Waals surface area contributed by atoms with Gasteiger partial charge in [-0.1, -0.05) is 23.2 Å². The van der Waals surface area contributed by atoms with E-state index in [9.17, 15) is 40.7 Å². The minimum Gasteiger partial charge on any atom is -0.504 e. The number of non-ortho nitro benzene ring substituents is 2. The van der Waals surface area contributed by atoms with E-state index in [2.05, 4.69) is 40.9 Å². The van der Waals surface area contributed by atoms with E-state index in [-0.39, 0.29) is 73.3 Å². The first-order valence-electron chi connectivity index (χ1n) is 10.4. The van der Waals surface area contributed by atoms with Crippen LogP contribution in [0.1, 0.15) is 11.4 Å². The van der Waals surface area contributed by atoms with E-state index in [1.54, 1.807) is 13.8 Å². The summed E-state index contributed by atoms with van der Waals surface area (Å²) >= 11 is 11.3. The van der Waals surface area contributed by atoms with Crippen molar-refractivity contribution in [2.45, 2.75) is 13.8 Å². The molecular formula is C20H16Cl2CrN10O8. The number of halogens is 2. The quantitative estimate of drug-likeness (QED) is 0.0781. The fraction of sp³-hybridized carbons (Fsp3) is 0.100. The Balaban J connectivity index is 0.000000280. The van der Waals surface area contributed by atoms with E-state index in [0.29, 0.717) is 11.4 Å². The van der Waals surface area contributed by atoms with Crippen molar-refractivity contribution in [3.05, 3.63) is 65.9 Å². The molecule has 2 heterocycles. The zero-order chi connectivity index (χ0) is 29.7. The average Bonchev–Trinajstić information content (AvgIpc) is 3.39. The molecule has 0 aliphatic rings. The molecule has 0 saturated carbocycles. The monoisotopic (exact) mass is 646 g/mol. The van der Waals surface area contributed by atoms with Gasteiger partial charge < -0.3 is 20.4 Å². The Hall–Kier alpha value is -4.83. The molecule has 0 bridgehead atoms. The third kappa shape index (κ3) is 7.64. The molecule has 0 spiro atoms. The first kappa shape index (κ1) is 32.4. The molecule has 0 fully saturated rings. The number of phenols is 2. The van der Waals surface area contributed by atoms with Gasteiger partial charge in [-0.3, -0.25) is 20.2 Å². The van der Waals surface area contributed by atoms with Gasteiger partial charge in [0.2, 0.25) is 11.8 Å². The number of benzene rings is 2. The number of nitro groups is 2. The number of nitrogens with zero attached hydrogens (tertiary/aromatic N) is 8. The Morgan fingerprint density at radius 2 is 1.05 bits per heavy atom. The fourth-order valence-corrected chi connectivity index (χ4v) is 3.20. The maximum Gasteiger partial charge on any atom is 0.273 e. The maximum absolute atomic E-state index is 10.7. The molecule has 4 rings (SSSR count). The Labute approximate surface area is 248 Å². The van der Waals surface area contributed by atoms with Crippen molar-refractivity contribution in [2.75, 3.05) is 0 Å². The van der Waals surface area contributed by atoms with Crippen LogP contribution in [0.25, 0.3) is 0 Å². The van der Waals surface area contributed by atoms with E-state index >= 15 is 0 Å². The first-order chi connectivity index (χ1) is 18.8. The first-order valence-corrected chi connectivity index (χ1v) is 11.2. The molecule has 0 aliphatic heterocycles.